The van der Waals surface area contributed by atoms with Crippen LogP contribution >= 0.6 is 0 Å². The van der Waals surface area contributed by atoms with Gasteiger partial charge in [-0.2, -0.15) is 0 Å². The van der Waals surface area contributed by atoms with E-state index in [1.165, 1.54) is 12.3 Å². The molecule has 1 aromatic rings. The van der Waals surface area contributed by atoms with Crippen molar-refractivity contribution in [3.63, 3.8) is 0 Å². The molecule has 5 nitrogen and oxygen atoms in total. The van der Waals surface area contributed by atoms with Crippen molar-refractivity contribution >= 4 is 5.91 Å². The standard InChI is InChI=1S/C13H18N2O3/c1-8-5-12(16)11(7-14-8)13(17)15-9-3-4-10(6-9)18-2/h5,7,9-10H,3-4,6H2,1-2H3,(H,14,16)(H,15,17). The second-order valence-corrected chi connectivity index (χ2v) is 4.74. The Morgan fingerprint density at radius 1 is 1.50 bits per heavy atom. The van der Waals surface area contributed by atoms with Crippen molar-refractivity contribution in [2.75, 3.05) is 7.11 Å². The summed E-state index contributed by atoms with van der Waals surface area (Å²) in [5.41, 5.74) is 0.670. The largest absolute Gasteiger partial charge is 0.381 e. The van der Waals surface area contributed by atoms with Gasteiger partial charge in [-0.25, -0.2) is 0 Å². The molecule has 1 amide bonds. The molecule has 1 aromatic heterocycles. The van der Waals surface area contributed by atoms with E-state index in [-0.39, 0.29) is 29.0 Å². The number of methoxy groups -OCH3 is 1. The lowest BCUT2D eigenvalue weighted by molar-refractivity contribution is 0.0913. The van der Waals surface area contributed by atoms with Gasteiger partial charge in [-0.3, -0.25) is 9.59 Å². The molecule has 0 spiro atoms. The minimum atomic E-state index is -0.307. The highest BCUT2D eigenvalue weighted by Crippen LogP contribution is 2.21. The van der Waals surface area contributed by atoms with Crippen molar-refractivity contribution in [2.45, 2.75) is 38.3 Å². The van der Waals surface area contributed by atoms with Gasteiger partial charge in [-0.1, -0.05) is 0 Å². The van der Waals surface area contributed by atoms with E-state index in [4.69, 9.17) is 4.74 Å². The summed E-state index contributed by atoms with van der Waals surface area (Å²) >= 11 is 0. The molecule has 98 valence electrons. The van der Waals surface area contributed by atoms with Gasteiger partial charge in [0.1, 0.15) is 5.56 Å². The number of carbonyl (C=O) groups is 1. The highest BCUT2D eigenvalue weighted by molar-refractivity contribution is 5.94. The van der Waals surface area contributed by atoms with Crippen LogP contribution in [0.5, 0.6) is 0 Å². The molecule has 0 bridgehead atoms. The number of hydrogen-bond acceptors (Lipinski definition) is 3. The fourth-order valence-electron chi connectivity index (χ4n) is 2.30. The number of hydrogen-bond donors (Lipinski definition) is 2. The maximum absolute atomic E-state index is 12.0. The molecule has 2 unspecified atom stereocenters. The third-order valence-electron chi connectivity index (χ3n) is 3.35. The Kier molecular flexibility index (Phi) is 3.81. The maximum Gasteiger partial charge on any atom is 0.256 e. The normalized spacial score (nSPS) is 23.0. The van der Waals surface area contributed by atoms with Gasteiger partial charge in [-0.05, 0) is 26.2 Å². The monoisotopic (exact) mass is 250 g/mol. The van der Waals surface area contributed by atoms with Gasteiger partial charge < -0.3 is 15.0 Å². The smallest absolute Gasteiger partial charge is 0.256 e. The van der Waals surface area contributed by atoms with Gasteiger partial charge in [0, 0.05) is 31.1 Å². The molecule has 1 saturated carbocycles. The molecule has 5 heteroatoms. The van der Waals surface area contributed by atoms with Crippen LogP contribution in [-0.2, 0) is 4.74 Å². The van der Waals surface area contributed by atoms with Crippen molar-refractivity contribution < 1.29 is 9.53 Å². The summed E-state index contributed by atoms with van der Waals surface area (Å²) in [4.78, 5) is 26.5. The minimum absolute atomic E-state index is 0.100. The summed E-state index contributed by atoms with van der Waals surface area (Å²) < 4.78 is 5.25. The van der Waals surface area contributed by atoms with Gasteiger partial charge in [0.05, 0.1) is 6.10 Å². The van der Waals surface area contributed by atoms with E-state index < -0.39 is 0 Å². The van der Waals surface area contributed by atoms with E-state index >= 15 is 0 Å². The summed E-state index contributed by atoms with van der Waals surface area (Å²) in [6.07, 6.45) is 4.34. The zero-order valence-electron chi connectivity index (χ0n) is 10.7. The number of carbonyl (C=O) groups excluding carboxylic acids is 1. The third-order valence-corrected chi connectivity index (χ3v) is 3.35. The predicted molar refractivity (Wildman–Crippen MR) is 67.7 cm³/mol. The highest BCUT2D eigenvalue weighted by Gasteiger charge is 2.26. The molecule has 1 aliphatic carbocycles. The molecular formula is C13H18N2O3. The van der Waals surface area contributed by atoms with Crippen LogP contribution in [0, 0.1) is 6.92 Å². The fraction of sp³-hybridized carbons (Fsp3) is 0.538. The van der Waals surface area contributed by atoms with Crippen molar-refractivity contribution in [1.29, 1.82) is 0 Å². The second-order valence-electron chi connectivity index (χ2n) is 4.74. The molecule has 2 N–H and O–H groups in total. The van der Waals surface area contributed by atoms with Crippen molar-refractivity contribution in [1.82, 2.24) is 10.3 Å². The third kappa shape index (κ3) is 2.79. The lowest BCUT2D eigenvalue weighted by atomic mass is 10.2. The Labute approximate surface area is 106 Å². The van der Waals surface area contributed by atoms with Crippen molar-refractivity contribution in [3.8, 4) is 0 Å². The molecule has 1 heterocycles. The summed E-state index contributed by atoms with van der Waals surface area (Å²) in [7, 11) is 1.68. The number of H-pyrrole nitrogens is 1. The van der Waals surface area contributed by atoms with Gasteiger partial charge in [0.2, 0.25) is 0 Å². The van der Waals surface area contributed by atoms with Crippen LogP contribution in [0.3, 0.4) is 0 Å². The Morgan fingerprint density at radius 3 is 2.89 bits per heavy atom. The number of pyridine rings is 1. The molecule has 0 aliphatic heterocycles. The molecule has 1 aliphatic rings. The number of aryl methyl sites for hydroxylation is 1. The number of ether oxygens (including phenoxy) is 1. The first-order valence-corrected chi connectivity index (χ1v) is 6.13. The Balaban J connectivity index is 2.02. The van der Waals surface area contributed by atoms with E-state index in [2.05, 4.69) is 10.3 Å². The Bertz CT molecular complexity index is 495. The average molecular weight is 250 g/mol. The quantitative estimate of drug-likeness (QED) is 0.840. The van der Waals surface area contributed by atoms with Crippen LogP contribution in [0.25, 0.3) is 0 Å². The van der Waals surface area contributed by atoms with E-state index in [0.29, 0.717) is 0 Å². The number of nitrogens with one attached hydrogen (secondary N) is 2. The number of aromatic nitrogens is 1. The van der Waals surface area contributed by atoms with Gasteiger partial charge in [-0.15, -0.1) is 0 Å². The van der Waals surface area contributed by atoms with Crippen LogP contribution in [0.15, 0.2) is 17.1 Å². The lowest BCUT2D eigenvalue weighted by Gasteiger charge is -2.12. The van der Waals surface area contributed by atoms with E-state index in [1.54, 1.807) is 14.0 Å². The van der Waals surface area contributed by atoms with Crippen LogP contribution in [0.2, 0.25) is 0 Å². The molecule has 0 aromatic carbocycles. The first-order valence-electron chi connectivity index (χ1n) is 6.13. The molecule has 0 saturated heterocycles. The van der Waals surface area contributed by atoms with Crippen molar-refractivity contribution in [2.24, 2.45) is 0 Å². The van der Waals surface area contributed by atoms with Gasteiger partial charge in [0.15, 0.2) is 5.43 Å². The van der Waals surface area contributed by atoms with Crippen LogP contribution in [0.1, 0.15) is 35.3 Å². The van der Waals surface area contributed by atoms with Crippen LogP contribution in [0.4, 0.5) is 0 Å². The topological polar surface area (TPSA) is 71.2 Å². The zero-order chi connectivity index (χ0) is 13.1. The molecule has 2 rings (SSSR count). The summed E-state index contributed by atoms with van der Waals surface area (Å²) in [5.74, 6) is -0.307. The summed E-state index contributed by atoms with van der Waals surface area (Å²) in [5, 5.41) is 2.88. The Hall–Kier alpha value is -1.62. The van der Waals surface area contributed by atoms with Crippen LogP contribution < -0.4 is 10.7 Å². The first kappa shape index (κ1) is 12.8. The summed E-state index contributed by atoms with van der Waals surface area (Å²) in [6.45, 7) is 1.78. The second kappa shape index (κ2) is 5.35. The molecule has 1 fully saturated rings. The fourth-order valence-corrected chi connectivity index (χ4v) is 2.30. The maximum atomic E-state index is 12.0. The van der Waals surface area contributed by atoms with E-state index in [9.17, 15) is 9.59 Å². The average Bonchev–Trinajstić information content (AvgIpc) is 2.76. The number of amides is 1. The highest BCUT2D eigenvalue weighted by atomic mass is 16.5. The minimum Gasteiger partial charge on any atom is -0.381 e. The van der Waals surface area contributed by atoms with Gasteiger partial charge >= 0.3 is 0 Å². The zero-order valence-corrected chi connectivity index (χ0v) is 10.7. The predicted octanol–water partition coefficient (Wildman–Crippen LogP) is 0.981. The molecule has 0 radical (unpaired) electrons. The summed E-state index contributed by atoms with van der Waals surface area (Å²) in [6, 6.07) is 1.53. The molecular weight excluding hydrogens is 232 g/mol. The van der Waals surface area contributed by atoms with Crippen molar-refractivity contribution in [3.05, 3.63) is 33.7 Å². The van der Waals surface area contributed by atoms with Crippen LogP contribution in [-0.4, -0.2) is 30.1 Å². The molecule has 18 heavy (non-hydrogen) atoms. The first-order chi connectivity index (χ1) is 8.60. The van der Waals surface area contributed by atoms with Gasteiger partial charge in [0.25, 0.3) is 5.91 Å². The Morgan fingerprint density at radius 2 is 2.28 bits per heavy atom. The number of aromatic amines is 1. The SMILES string of the molecule is COC1CCC(NC(=O)c2c[nH]c(C)cc2=O)C1. The van der Waals surface area contributed by atoms with E-state index in [1.807, 2.05) is 0 Å². The number of rotatable bonds is 3. The molecule has 2 atom stereocenters. The lowest BCUT2D eigenvalue weighted by Crippen LogP contribution is -2.36. The van der Waals surface area contributed by atoms with E-state index in [0.717, 1.165) is 25.0 Å².